The zero-order valence-corrected chi connectivity index (χ0v) is 7.31. The summed E-state index contributed by atoms with van der Waals surface area (Å²) in [6.07, 6.45) is 3.86. The highest BCUT2D eigenvalue weighted by Gasteiger charge is 1.97. The average Bonchev–Trinajstić information content (AvgIpc) is 2.71. The van der Waals surface area contributed by atoms with Crippen molar-refractivity contribution in [1.82, 2.24) is 5.16 Å². The minimum atomic E-state index is 0.631. The number of nitrogens with one attached hydrogen (secondary N) is 1. The molecular formula is C10H8N2O2. The quantitative estimate of drug-likeness (QED) is 0.750. The maximum absolute atomic E-state index is 10.5. The molecule has 0 spiro atoms. The minimum absolute atomic E-state index is 0.631. The monoisotopic (exact) mass is 188 g/mol. The standard InChI is InChI=1S/C10H8N2O2/c13-6-8-2-1-3-9(4-8)12-10-5-11-14-7-10/h1-7,12H. The summed E-state index contributed by atoms with van der Waals surface area (Å²) >= 11 is 0. The van der Waals surface area contributed by atoms with Crippen LogP contribution >= 0.6 is 0 Å². The Labute approximate surface area is 80.5 Å². The van der Waals surface area contributed by atoms with Crippen molar-refractivity contribution in [3.05, 3.63) is 42.3 Å². The number of aldehydes is 1. The second-order valence-electron chi connectivity index (χ2n) is 2.78. The highest BCUT2D eigenvalue weighted by molar-refractivity contribution is 5.77. The molecule has 1 N–H and O–H groups in total. The van der Waals surface area contributed by atoms with Crippen molar-refractivity contribution >= 4 is 17.7 Å². The lowest BCUT2D eigenvalue weighted by molar-refractivity contribution is 0.112. The van der Waals surface area contributed by atoms with E-state index in [0.717, 1.165) is 17.7 Å². The van der Waals surface area contributed by atoms with E-state index in [-0.39, 0.29) is 0 Å². The van der Waals surface area contributed by atoms with Crippen molar-refractivity contribution in [1.29, 1.82) is 0 Å². The molecule has 0 atom stereocenters. The van der Waals surface area contributed by atoms with Crippen LogP contribution in [-0.2, 0) is 0 Å². The zero-order chi connectivity index (χ0) is 9.80. The van der Waals surface area contributed by atoms with Gasteiger partial charge in [0.25, 0.3) is 0 Å². The molecule has 0 aliphatic rings. The molecule has 0 aliphatic heterocycles. The molecule has 0 fully saturated rings. The van der Waals surface area contributed by atoms with E-state index in [2.05, 4.69) is 15.0 Å². The first-order valence-electron chi connectivity index (χ1n) is 4.10. The Morgan fingerprint density at radius 2 is 2.29 bits per heavy atom. The number of hydrogen-bond donors (Lipinski definition) is 1. The van der Waals surface area contributed by atoms with E-state index in [4.69, 9.17) is 0 Å². The smallest absolute Gasteiger partial charge is 0.150 e. The lowest BCUT2D eigenvalue weighted by atomic mass is 10.2. The minimum Gasteiger partial charge on any atom is -0.363 e. The summed E-state index contributed by atoms with van der Waals surface area (Å²) in [4.78, 5) is 10.5. The summed E-state index contributed by atoms with van der Waals surface area (Å²) in [6.45, 7) is 0. The van der Waals surface area contributed by atoms with Crippen LogP contribution in [0.2, 0.25) is 0 Å². The van der Waals surface area contributed by atoms with Gasteiger partial charge in [-0.3, -0.25) is 4.79 Å². The topological polar surface area (TPSA) is 55.1 Å². The SMILES string of the molecule is O=Cc1cccc(Nc2cnoc2)c1. The molecule has 1 aromatic heterocycles. The summed E-state index contributed by atoms with van der Waals surface area (Å²) in [6, 6.07) is 7.16. The molecule has 0 unspecified atom stereocenters. The fraction of sp³-hybridized carbons (Fsp3) is 0. The molecule has 4 heteroatoms. The second-order valence-corrected chi connectivity index (χ2v) is 2.78. The zero-order valence-electron chi connectivity index (χ0n) is 7.31. The van der Waals surface area contributed by atoms with Crippen LogP contribution < -0.4 is 5.32 Å². The van der Waals surface area contributed by atoms with E-state index in [1.54, 1.807) is 24.4 Å². The van der Waals surface area contributed by atoms with Crippen molar-refractivity contribution in [3.8, 4) is 0 Å². The van der Waals surface area contributed by atoms with Crippen molar-refractivity contribution in [3.63, 3.8) is 0 Å². The molecule has 1 heterocycles. The third-order valence-electron chi connectivity index (χ3n) is 1.74. The van der Waals surface area contributed by atoms with Crippen LogP contribution in [0.3, 0.4) is 0 Å². The van der Waals surface area contributed by atoms with E-state index in [1.165, 1.54) is 6.26 Å². The normalized spacial score (nSPS) is 9.71. The van der Waals surface area contributed by atoms with Gasteiger partial charge in [0.1, 0.15) is 12.5 Å². The molecule has 2 rings (SSSR count). The van der Waals surface area contributed by atoms with Gasteiger partial charge in [0.2, 0.25) is 0 Å². The third-order valence-corrected chi connectivity index (χ3v) is 1.74. The number of rotatable bonds is 3. The number of carbonyl (C=O) groups is 1. The third kappa shape index (κ3) is 1.80. The van der Waals surface area contributed by atoms with Crippen LogP contribution in [0.25, 0.3) is 0 Å². The molecule has 70 valence electrons. The van der Waals surface area contributed by atoms with Gasteiger partial charge in [-0.25, -0.2) is 0 Å². The van der Waals surface area contributed by atoms with Crippen LogP contribution in [-0.4, -0.2) is 11.4 Å². The maximum Gasteiger partial charge on any atom is 0.150 e. The fourth-order valence-electron chi connectivity index (χ4n) is 1.12. The number of anilines is 2. The van der Waals surface area contributed by atoms with Crippen LogP contribution in [0.4, 0.5) is 11.4 Å². The predicted molar refractivity (Wildman–Crippen MR) is 51.6 cm³/mol. The Kier molecular flexibility index (Phi) is 2.27. The van der Waals surface area contributed by atoms with Gasteiger partial charge in [0, 0.05) is 11.3 Å². The molecule has 0 saturated heterocycles. The van der Waals surface area contributed by atoms with Gasteiger partial charge in [0.05, 0.1) is 11.9 Å². The molecule has 4 nitrogen and oxygen atoms in total. The highest BCUT2D eigenvalue weighted by atomic mass is 16.5. The van der Waals surface area contributed by atoms with Crippen LogP contribution in [0.1, 0.15) is 10.4 Å². The largest absolute Gasteiger partial charge is 0.363 e. The van der Waals surface area contributed by atoms with E-state index in [1.807, 2.05) is 6.07 Å². The van der Waals surface area contributed by atoms with E-state index >= 15 is 0 Å². The Bertz CT molecular complexity index is 423. The Morgan fingerprint density at radius 1 is 1.36 bits per heavy atom. The molecular weight excluding hydrogens is 180 g/mol. The number of aromatic nitrogens is 1. The first-order chi connectivity index (χ1) is 6.88. The van der Waals surface area contributed by atoms with Crippen LogP contribution in [0.5, 0.6) is 0 Å². The summed E-state index contributed by atoms with van der Waals surface area (Å²) in [7, 11) is 0. The van der Waals surface area contributed by atoms with E-state index in [9.17, 15) is 4.79 Å². The fourth-order valence-corrected chi connectivity index (χ4v) is 1.12. The molecule has 0 amide bonds. The van der Waals surface area contributed by atoms with Gasteiger partial charge in [-0.05, 0) is 12.1 Å². The Hall–Kier alpha value is -2.10. The van der Waals surface area contributed by atoms with Gasteiger partial charge < -0.3 is 9.84 Å². The van der Waals surface area contributed by atoms with Crippen LogP contribution in [0.15, 0.2) is 41.2 Å². The van der Waals surface area contributed by atoms with Gasteiger partial charge in [-0.15, -0.1) is 0 Å². The van der Waals surface area contributed by atoms with Crippen molar-refractivity contribution in [2.75, 3.05) is 5.32 Å². The molecule has 0 bridgehead atoms. The first-order valence-corrected chi connectivity index (χ1v) is 4.10. The predicted octanol–water partition coefficient (Wildman–Crippen LogP) is 2.23. The molecule has 0 aliphatic carbocycles. The van der Waals surface area contributed by atoms with Crippen molar-refractivity contribution in [2.45, 2.75) is 0 Å². The lowest BCUT2D eigenvalue weighted by Crippen LogP contribution is -1.89. The molecule has 0 saturated carbocycles. The second kappa shape index (κ2) is 3.74. The summed E-state index contributed by atoms with van der Waals surface area (Å²) in [5.41, 5.74) is 2.22. The first kappa shape index (κ1) is 8.50. The van der Waals surface area contributed by atoms with Gasteiger partial charge in [-0.1, -0.05) is 17.3 Å². The van der Waals surface area contributed by atoms with Crippen molar-refractivity contribution < 1.29 is 9.32 Å². The number of hydrogen-bond acceptors (Lipinski definition) is 4. The number of carbonyl (C=O) groups excluding carboxylic acids is 1. The average molecular weight is 188 g/mol. The van der Waals surface area contributed by atoms with Crippen LogP contribution in [0, 0.1) is 0 Å². The molecule has 14 heavy (non-hydrogen) atoms. The molecule has 2 aromatic rings. The molecule has 1 aromatic carbocycles. The lowest BCUT2D eigenvalue weighted by Gasteiger charge is -2.02. The number of nitrogens with zero attached hydrogens (tertiary/aromatic N) is 1. The summed E-state index contributed by atoms with van der Waals surface area (Å²) < 4.78 is 4.66. The van der Waals surface area contributed by atoms with E-state index in [0.29, 0.717) is 5.56 Å². The van der Waals surface area contributed by atoms with E-state index < -0.39 is 0 Å². The molecule has 0 radical (unpaired) electrons. The number of benzene rings is 1. The Morgan fingerprint density at radius 3 is 3.00 bits per heavy atom. The summed E-state index contributed by atoms with van der Waals surface area (Å²) in [5.74, 6) is 0. The van der Waals surface area contributed by atoms with Gasteiger partial charge >= 0.3 is 0 Å². The maximum atomic E-state index is 10.5. The summed E-state index contributed by atoms with van der Waals surface area (Å²) in [5, 5.41) is 6.60. The van der Waals surface area contributed by atoms with Crippen molar-refractivity contribution in [2.24, 2.45) is 0 Å². The highest BCUT2D eigenvalue weighted by Crippen LogP contribution is 2.15. The Balaban J connectivity index is 2.21. The van der Waals surface area contributed by atoms with Gasteiger partial charge in [-0.2, -0.15) is 0 Å². The van der Waals surface area contributed by atoms with Gasteiger partial charge in [0.15, 0.2) is 0 Å².